The lowest BCUT2D eigenvalue weighted by Gasteiger charge is -2.08. The van der Waals surface area contributed by atoms with E-state index in [1.165, 1.54) is 5.56 Å². The van der Waals surface area contributed by atoms with Gasteiger partial charge in [0.05, 0.1) is 7.11 Å². The summed E-state index contributed by atoms with van der Waals surface area (Å²) >= 11 is 0. The molecule has 0 unspecified atom stereocenters. The molecule has 3 nitrogen and oxygen atoms in total. The predicted molar refractivity (Wildman–Crippen MR) is 64.7 cm³/mol. The number of benzene rings is 1. The zero-order valence-corrected chi connectivity index (χ0v) is 9.64. The van der Waals surface area contributed by atoms with Crippen LogP contribution >= 0.6 is 0 Å². The first-order valence-electron chi connectivity index (χ1n) is 5.65. The van der Waals surface area contributed by atoms with Crippen molar-refractivity contribution in [3.05, 3.63) is 47.7 Å². The summed E-state index contributed by atoms with van der Waals surface area (Å²) in [4.78, 5) is 4.27. The Hall–Kier alpha value is -2.03. The van der Waals surface area contributed by atoms with E-state index < -0.39 is 0 Å². The molecule has 1 aromatic heterocycles. The highest BCUT2D eigenvalue weighted by molar-refractivity contribution is 5.45. The molecule has 1 aromatic carbocycles. The Morgan fingerprint density at radius 3 is 2.94 bits per heavy atom. The number of ether oxygens (including phenoxy) is 2. The number of aryl methyl sites for hydroxylation is 2. The van der Waals surface area contributed by atoms with Crippen LogP contribution in [-0.4, -0.2) is 12.1 Å². The molecule has 0 atom stereocenters. The summed E-state index contributed by atoms with van der Waals surface area (Å²) in [6.45, 7) is 0. The summed E-state index contributed by atoms with van der Waals surface area (Å²) in [5.41, 5.74) is 2.35. The van der Waals surface area contributed by atoms with Gasteiger partial charge in [-0.3, -0.25) is 0 Å². The van der Waals surface area contributed by atoms with Crippen molar-refractivity contribution in [3.8, 4) is 17.4 Å². The molecule has 0 spiro atoms. The van der Waals surface area contributed by atoms with E-state index in [1.807, 2.05) is 18.2 Å². The molecule has 0 bridgehead atoms. The van der Waals surface area contributed by atoms with Crippen LogP contribution in [0.2, 0.25) is 0 Å². The second-order valence-corrected chi connectivity index (χ2v) is 4.04. The van der Waals surface area contributed by atoms with Crippen LogP contribution < -0.4 is 9.47 Å². The Kier molecular flexibility index (Phi) is 2.44. The number of methoxy groups -OCH3 is 1. The van der Waals surface area contributed by atoms with Gasteiger partial charge in [0.1, 0.15) is 11.5 Å². The van der Waals surface area contributed by atoms with Crippen LogP contribution in [0.15, 0.2) is 36.5 Å². The number of aromatic nitrogens is 1. The maximum absolute atomic E-state index is 5.85. The Labute approximate surface area is 100 Å². The molecule has 86 valence electrons. The van der Waals surface area contributed by atoms with E-state index >= 15 is 0 Å². The first-order chi connectivity index (χ1) is 8.36. The Balaban J connectivity index is 2.05. The lowest BCUT2D eigenvalue weighted by Crippen LogP contribution is -1.91. The largest absolute Gasteiger partial charge is 0.497 e. The molecular weight excluding hydrogens is 214 g/mol. The lowest BCUT2D eigenvalue weighted by atomic mass is 10.1. The first-order valence-corrected chi connectivity index (χ1v) is 5.65. The normalized spacial score (nSPS) is 13.0. The second-order valence-electron chi connectivity index (χ2n) is 4.04. The number of fused-ring (bicyclic) bond motifs is 2. The van der Waals surface area contributed by atoms with Crippen LogP contribution in [0.3, 0.4) is 0 Å². The molecule has 0 saturated carbocycles. The van der Waals surface area contributed by atoms with E-state index in [1.54, 1.807) is 13.3 Å². The van der Waals surface area contributed by atoms with Crippen molar-refractivity contribution in [2.24, 2.45) is 0 Å². The minimum Gasteiger partial charge on any atom is -0.497 e. The van der Waals surface area contributed by atoms with Gasteiger partial charge in [-0.05, 0) is 30.5 Å². The van der Waals surface area contributed by atoms with E-state index in [-0.39, 0.29) is 0 Å². The number of hydrogen-bond acceptors (Lipinski definition) is 3. The Morgan fingerprint density at radius 2 is 2.06 bits per heavy atom. The minimum absolute atomic E-state index is 0.708. The van der Waals surface area contributed by atoms with Crippen molar-refractivity contribution in [1.82, 2.24) is 4.98 Å². The van der Waals surface area contributed by atoms with Gasteiger partial charge in [0.15, 0.2) is 0 Å². The summed E-state index contributed by atoms with van der Waals surface area (Å²) in [5, 5.41) is 0. The van der Waals surface area contributed by atoms with Crippen molar-refractivity contribution in [1.29, 1.82) is 0 Å². The van der Waals surface area contributed by atoms with Crippen LogP contribution in [0, 0.1) is 0 Å². The summed E-state index contributed by atoms with van der Waals surface area (Å²) in [7, 11) is 1.66. The van der Waals surface area contributed by atoms with Gasteiger partial charge in [0.25, 0.3) is 0 Å². The van der Waals surface area contributed by atoms with Crippen LogP contribution in [0.25, 0.3) is 0 Å². The quantitative estimate of drug-likeness (QED) is 0.750. The van der Waals surface area contributed by atoms with Gasteiger partial charge in [-0.1, -0.05) is 12.1 Å². The standard InChI is InChI=1S/C14H13NO2/c1-16-12-7-6-10-4-5-11-3-2-8-15-14(11)17-13(10)9-12/h2-3,6-9H,4-5H2,1H3. The molecule has 0 amide bonds. The average Bonchev–Trinajstić information content (AvgIpc) is 2.56. The topological polar surface area (TPSA) is 31.4 Å². The minimum atomic E-state index is 0.708. The van der Waals surface area contributed by atoms with Crippen molar-refractivity contribution in [2.75, 3.05) is 7.11 Å². The fourth-order valence-electron chi connectivity index (χ4n) is 2.04. The molecule has 0 radical (unpaired) electrons. The van der Waals surface area contributed by atoms with Gasteiger partial charge in [0.2, 0.25) is 5.88 Å². The highest BCUT2D eigenvalue weighted by atomic mass is 16.5. The Morgan fingerprint density at radius 1 is 1.18 bits per heavy atom. The molecule has 17 heavy (non-hydrogen) atoms. The van der Waals surface area contributed by atoms with Gasteiger partial charge in [0, 0.05) is 17.8 Å². The van der Waals surface area contributed by atoms with Crippen LogP contribution in [0.1, 0.15) is 11.1 Å². The van der Waals surface area contributed by atoms with E-state index in [0.29, 0.717) is 5.88 Å². The molecular formula is C14H13NO2. The van der Waals surface area contributed by atoms with E-state index in [0.717, 1.165) is 29.9 Å². The zero-order chi connectivity index (χ0) is 11.7. The number of rotatable bonds is 1. The van der Waals surface area contributed by atoms with Gasteiger partial charge in [-0.15, -0.1) is 0 Å². The van der Waals surface area contributed by atoms with Crippen molar-refractivity contribution < 1.29 is 9.47 Å². The fourth-order valence-corrected chi connectivity index (χ4v) is 2.04. The summed E-state index contributed by atoms with van der Waals surface area (Å²) in [5.74, 6) is 2.37. The highest BCUT2D eigenvalue weighted by Gasteiger charge is 2.15. The highest BCUT2D eigenvalue weighted by Crippen LogP contribution is 2.34. The van der Waals surface area contributed by atoms with Gasteiger partial charge in [-0.2, -0.15) is 0 Å². The molecule has 2 aromatic rings. The number of hydrogen-bond donors (Lipinski definition) is 0. The van der Waals surface area contributed by atoms with Crippen LogP contribution in [0.5, 0.6) is 17.4 Å². The van der Waals surface area contributed by atoms with Crippen LogP contribution in [-0.2, 0) is 12.8 Å². The summed E-state index contributed by atoms with van der Waals surface area (Å²) in [6, 6.07) is 9.94. The average molecular weight is 227 g/mol. The van der Waals surface area contributed by atoms with Crippen molar-refractivity contribution in [3.63, 3.8) is 0 Å². The molecule has 0 saturated heterocycles. The molecule has 0 aliphatic carbocycles. The molecule has 0 fully saturated rings. The molecule has 1 aliphatic heterocycles. The maximum atomic E-state index is 5.85. The van der Waals surface area contributed by atoms with Crippen molar-refractivity contribution >= 4 is 0 Å². The first kappa shape index (κ1) is 10.1. The third-order valence-corrected chi connectivity index (χ3v) is 2.99. The Bertz CT molecular complexity index is 552. The molecule has 0 N–H and O–H groups in total. The van der Waals surface area contributed by atoms with Crippen molar-refractivity contribution in [2.45, 2.75) is 12.8 Å². The summed E-state index contributed by atoms with van der Waals surface area (Å²) < 4.78 is 11.1. The number of pyridine rings is 1. The lowest BCUT2D eigenvalue weighted by molar-refractivity contribution is 0.406. The van der Waals surface area contributed by atoms with E-state index in [4.69, 9.17) is 9.47 Å². The summed E-state index contributed by atoms with van der Waals surface area (Å²) in [6.07, 6.45) is 3.69. The van der Waals surface area contributed by atoms with Crippen LogP contribution in [0.4, 0.5) is 0 Å². The maximum Gasteiger partial charge on any atom is 0.222 e. The van der Waals surface area contributed by atoms with Gasteiger partial charge >= 0.3 is 0 Å². The predicted octanol–water partition coefficient (Wildman–Crippen LogP) is 2.98. The third-order valence-electron chi connectivity index (χ3n) is 2.99. The fraction of sp³-hybridized carbons (Fsp3) is 0.214. The number of nitrogens with zero attached hydrogens (tertiary/aromatic N) is 1. The second kappa shape index (κ2) is 4.09. The zero-order valence-electron chi connectivity index (χ0n) is 9.64. The molecule has 1 aliphatic rings. The third kappa shape index (κ3) is 1.84. The SMILES string of the molecule is COc1ccc2c(c1)Oc1ncccc1CC2. The van der Waals surface area contributed by atoms with E-state index in [9.17, 15) is 0 Å². The van der Waals surface area contributed by atoms with E-state index in [2.05, 4.69) is 17.1 Å². The van der Waals surface area contributed by atoms with Gasteiger partial charge < -0.3 is 9.47 Å². The molecule has 3 heteroatoms. The smallest absolute Gasteiger partial charge is 0.222 e. The van der Waals surface area contributed by atoms with Gasteiger partial charge in [-0.25, -0.2) is 4.98 Å². The molecule has 2 heterocycles. The monoisotopic (exact) mass is 227 g/mol. The molecule has 3 rings (SSSR count).